The Kier molecular flexibility index (Phi) is 13.3. The van der Waals surface area contributed by atoms with Crippen molar-refractivity contribution in [2.45, 2.75) is 114 Å². The average Bonchev–Trinajstić information content (AvgIpc) is 4.05. The molecule has 6 fully saturated rings. The molecule has 5 aromatic rings. The summed E-state index contributed by atoms with van der Waals surface area (Å²) in [5.74, 6) is -0.980. The van der Waals surface area contributed by atoms with Crippen molar-refractivity contribution in [1.29, 1.82) is 0 Å². The van der Waals surface area contributed by atoms with Crippen LogP contribution in [0.25, 0.3) is 32.9 Å². The van der Waals surface area contributed by atoms with E-state index in [1.54, 1.807) is 23.2 Å². The van der Waals surface area contributed by atoms with Gasteiger partial charge in [0.2, 0.25) is 11.8 Å². The number of aromatic nitrogens is 3. The number of aromatic hydroxyl groups is 1. The number of fused-ring (bicyclic) bond motifs is 5. The molecule has 390 valence electrons. The molecule has 3 unspecified atom stereocenters. The number of carbonyl (C=O) groups excluding carboxylic acids is 3. The number of halogens is 3. The number of carbonyl (C=O) groups is 3. The summed E-state index contributed by atoms with van der Waals surface area (Å²) in [6.45, 7) is 9.34. The largest absolute Gasteiger partial charge is 0.508 e. The van der Waals surface area contributed by atoms with Crippen LogP contribution in [-0.2, 0) is 27.3 Å². The third-order valence-corrected chi connectivity index (χ3v) is 17.4. The molecule has 2 aromatic heterocycles. The van der Waals surface area contributed by atoms with E-state index < -0.39 is 23.6 Å². The number of nitrogens with one attached hydrogen (secondary N) is 2. The lowest BCUT2D eigenvalue weighted by atomic mass is 9.94. The van der Waals surface area contributed by atoms with Crippen molar-refractivity contribution in [1.82, 2.24) is 40.3 Å². The molecule has 3 amide bonds. The molecule has 6 saturated heterocycles. The molecule has 2 bridgehead atoms. The lowest BCUT2D eigenvalue weighted by Crippen LogP contribution is -2.52. The van der Waals surface area contributed by atoms with Crippen LogP contribution in [0.2, 0.25) is 5.02 Å². The van der Waals surface area contributed by atoms with Gasteiger partial charge in [-0.05, 0) is 117 Å². The molecule has 3 N–H and O–H groups in total. The summed E-state index contributed by atoms with van der Waals surface area (Å²) in [5, 5.41) is 18.9. The van der Waals surface area contributed by atoms with E-state index in [1.165, 1.54) is 12.1 Å². The highest BCUT2D eigenvalue weighted by Gasteiger charge is 2.41. The molecule has 5 atom stereocenters. The van der Waals surface area contributed by atoms with Crippen molar-refractivity contribution in [3.05, 3.63) is 75.9 Å². The highest BCUT2D eigenvalue weighted by Crippen LogP contribution is 2.42. The number of nitrogens with zero attached hydrogens (tertiary/aromatic N) is 8. The van der Waals surface area contributed by atoms with Crippen molar-refractivity contribution >= 4 is 62.5 Å². The number of pyridine rings is 1. The number of anilines is 2. The van der Waals surface area contributed by atoms with E-state index in [2.05, 4.69) is 42.3 Å². The van der Waals surface area contributed by atoms with Crippen molar-refractivity contribution in [2.75, 3.05) is 75.8 Å². The van der Waals surface area contributed by atoms with Gasteiger partial charge in [-0.25, -0.2) is 8.78 Å². The van der Waals surface area contributed by atoms with Gasteiger partial charge in [0.1, 0.15) is 41.2 Å². The van der Waals surface area contributed by atoms with Crippen LogP contribution in [0.15, 0.2) is 42.6 Å². The molecular weight excluding hydrogens is 970 g/mol. The van der Waals surface area contributed by atoms with Crippen LogP contribution in [0.5, 0.6) is 11.8 Å². The molecule has 74 heavy (non-hydrogen) atoms. The van der Waals surface area contributed by atoms with Gasteiger partial charge in [0.25, 0.3) is 5.91 Å². The number of piperazine rings is 1. The number of imide groups is 1. The van der Waals surface area contributed by atoms with Crippen LogP contribution in [0.1, 0.15) is 86.2 Å². The van der Waals surface area contributed by atoms with Gasteiger partial charge in [-0.2, -0.15) is 9.97 Å². The molecule has 16 nitrogen and oxygen atoms in total. The van der Waals surface area contributed by atoms with Crippen LogP contribution in [-0.4, -0.2) is 155 Å². The van der Waals surface area contributed by atoms with E-state index in [0.717, 1.165) is 95.5 Å². The summed E-state index contributed by atoms with van der Waals surface area (Å²) in [6, 6.07) is 9.76. The van der Waals surface area contributed by atoms with Crippen LogP contribution in [0.3, 0.4) is 0 Å². The zero-order valence-corrected chi connectivity index (χ0v) is 42.7. The Labute approximate surface area is 433 Å². The summed E-state index contributed by atoms with van der Waals surface area (Å²) in [7, 11) is 2.08. The number of hydrogen-bond acceptors (Lipinski definition) is 14. The molecule has 3 aromatic carbocycles. The average molecular weight is 1030 g/mol. The summed E-state index contributed by atoms with van der Waals surface area (Å²) in [6.07, 6.45) is 9.62. The zero-order valence-electron chi connectivity index (χ0n) is 41.9. The number of phenols is 1. The number of piperidine rings is 3. The van der Waals surface area contributed by atoms with E-state index in [9.17, 15) is 19.5 Å². The molecule has 0 radical (unpaired) electrons. The Morgan fingerprint density at radius 1 is 0.878 bits per heavy atom. The second kappa shape index (κ2) is 20.1. The lowest BCUT2D eigenvalue weighted by Gasteiger charge is -2.39. The predicted octanol–water partition coefficient (Wildman–Crippen LogP) is 6.60. The number of likely N-dealkylation sites (N-methyl/N-ethyl adjacent to an activating group) is 1. The van der Waals surface area contributed by atoms with E-state index in [0.29, 0.717) is 94.2 Å². The van der Waals surface area contributed by atoms with Crippen LogP contribution < -0.4 is 25.2 Å². The summed E-state index contributed by atoms with van der Waals surface area (Å²) in [4.78, 5) is 62.8. The number of benzene rings is 3. The van der Waals surface area contributed by atoms with Crippen molar-refractivity contribution in [3.8, 4) is 23.0 Å². The first-order chi connectivity index (χ1) is 35.8. The van der Waals surface area contributed by atoms with Crippen LogP contribution in [0, 0.1) is 17.6 Å². The first kappa shape index (κ1) is 49.1. The number of ether oxygens (including phenoxy) is 2. The molecule has 0 spiro atoms. The van der Waals surface area contributed by atoms with Gasteiger partial charge >= 0.3 is 6.01 Å². The van der Waals surface area contributed by atoms with Crippen molar-refractivity contribution in [2.24, 2.45) is 5.92 Å². The minimum atomic E-state index is -0.685. The second-order valence-corrected chi connectivity index (χ2v) is 22.1. The molecular formula is C55H63ClF2N10O6. The van der Waals surface area contributed by atoms with E-state index >= 15 is 8.78 Å². The molecule has 7 aliphatic rings. The summed E-state index contributed by atoms with van der Waals surface area (Å²) in [5.41, 5.74) is 2.95. The second-order valence-electron chi connectivity index (χ2n) is 21.7. The Morgan fingerprint density at radius 2 is 1.66 bits per heavy atom. The number of amides is 3. The molecule has 7 aliphatic heterocycles. The number of phenolic OH excluding ortho intramolecular Hbond substituents is 1. The minimum Gasteiger partial charge on any atom is -0.508 e. The van der Waals surface area contributed by atoms with Gasteiger partial charge < -0.3 is 39.5 Å². The Bertz CT molecular complexity index is 3030. The van der Waals surface area contributed by atoms with E-state index in [1.807, 2.05) is 19.1 Å². The Morgan fingerprint density at radius 3 is 2.42 bits per heavy atom. The maximum Gasteiger partial charge on any atom is 0.319 e. The van der Waals surface area contributed by atoms with Gasteiger partial charge in [-0.3, -0.25) is 29.6 Å². The fraction of sp³-hybridized carbons (Fsp3) is 0.527. The predicted molar refractivity (Wildman–Crippen MR) is 277 cm³/mol. The molecule has 9 heterocycles. The van der Waals surface area contributed by atoms with Gasteiger partial charge in [0.05, 0.1) is 28.3 Å². The summed E-state index contributed by atoms with van der Waals surface area (Å²) < 4.78 is 45.6. The third kappa shape index (κ3) is 9.28. The molecule has 12 rings (SSSR count). The van der Waals surface area contributed by atoms with Gasteiger partial charge in [0.15, 0.2) is 5.82 Å². The topological polar surface area (TPSA) is 169 Å². The standard InChI is InChI=1S/C55H63ClF2N10O6/c1-3-38-43(57)8-4-31-20-35(69)22-40(47(31)38)50-49(58)51-41(23-59-50)52(67-25-32-5-6-33(26-67)60-32)63-55(62-51)73-29-34-21-37(27-64(34)2)74-36-14-16-65(17-15-36)24-30-12-18-66(19-13-30)44-9-7-39-42(48(44)56)28-68(54(39)72)45-10-11-46(70)61-53(45)71/h4,7-9,20,22-23,30,32-34,36-37,45,60,69H,3,5-6,10-19,21,24-29H2,1-2H3,(H,61,70,71)/t32?,33?,34-,37+,45?/m0/s1. The van der Waals surface area contributed by atoms with Gasteiger partial charge in [-0.1, -0.05) is 24.6 Å². The van der Waals surface area contributed by atoms with E-state index in [-0.39, 0.29) is 66.0 Å². The number of aryl methyl sites for hydroxylation is 1. The normalized spacial score (nSPS) is 25.2. The SMILES string of the molecule is CCc1c(F)ccc2cc(O)cc(-c3ncc4c(N5CC6CCC(C5)N6)nc(OC[C@@H]5C[C@@H](OC6CCN(CC7CCN(c8ccc9c(c8Cl)CN(C8CCC(=O)NC8=O)C9=O)CC7)CC6)CN5C)nc4c3F)c12. The minimum absolute atomic E-state index is 0.0282. The molecule has 19 heteroatoms. The highest BCUT2D eigenvalue weighted by molar-refractivity contribution is 6.35. The monoisotopic (exact) mass is 1030 g/mol. The van der Waals surface area contributed by atoms with Crippen molar-refractivity contribution < 1.29 is 37.7 Å². The van der Waals surface area contributed by atoms with Crippen LogP contribution >= 0.6 is 11.6 Å². The lowest BCUT2D eigenvalue weighted by molar-refractivity contribution is -0.136. The fourth-order valence-corrected chi connectivity index (χ4v) is 13.4. The smallest absolute Gasteiger partial charge is 0.319 e. The Balaban J connectivity index is 0.660. The Hall–Kier alpha value is -5.79. The summed E-state index contributed by atoms with van der Waals surface area (Å²) >= 11 is 7.01. The molecule has 0 aliphatic carbocycles. The first-order valence-corrected chi connectivity index (χ1v) is 27.0. The number of rotatable bonds is 12. The quantitative estimate of drug-likeness (QED) is 0.114. The number of likely N-dealkylation sites (tertiary alicyclic amines) is 2. The first-order valence-electron chi connectivity index (χ1n) is 26.6. The maximum absolute atomic E-state index is 17.2. The molecule has 0 saturated carbocycles. The number of hydrogen-bond donors (Lipinski definition) is 3. The zero-order chi connectivity index (χ0) is 50.9. The van der Waals surface area contributed by atoms with Crippen LogP contribution in [0.4, 0.5) is 20.3 Å². The van der Waals surface area contributed by atoms with Crippen molar-refractivity contribution in [3.63, 3.8) is 0 Å². The maximum atomic E-state index is 17.2. The fourth-order valence-electron chi connectivity index (χ4n) is 13.1. The van der Waals surface area contributed by atoms with Gasteiger partial charge in [0, 0.05) is 106 Å². The third-order valence-electron chi connectivity index (χ3n) is 17.0. The van der Waals surface area contributed by atoms with Gasteiger partial charge in [-0.15, -0.1) is 0 Å². The highest BCUT2D eigenvalue weighted by atomic mass is 35.5. The van der Waals surface area contributed by atoms with E-state index in [4.69, 9.17) is 31.0 Å².